The van der Waals surface area contributed by atoms with Crippen LogP contribution in [-0.4, -0.2) is 23.5 Å². The van der Waals surface area contributed by atoms with Crippen molar-refractivity contribution in [3.8, 4) is 11.3 Å². The highest BCUT2D eigenvalue weighted by Crippen LogP contribution is 2.55. The van der Waals surface area contributed by atoms with E-state index in [0.29, 0.717) is 28.3 Å². The zero-order valence-electron chi connectivity index (χ0n) is 13.5. The maximum Gasteiger partial charge on any atom is 0.337 e. The van der Waals surface area contributed by atoms with Crippen LogP contribution in [0.25, 0.3) is 11.3 Å². The van der Waals surface area contributed by atoms with E-state index in [9.17, 15) is 9.59 Å². The van der Waals surface area contributed by atoms with E-state index in [1.165, 1.54) is 6.08 Å². The number of rotatable bonds is 3. The molecule has 3 N–H and O–H groups in total. The number of carbonyl (C=O) groups is 2. The van der Waals surface area contributed by atoms with E-state index in [2.05, 4.69) is 16.9 Å². The van der Waals surface area contributed by atoms with Gasteiger partial charge in [0.15, 0.2) is 11.2 Å². The third kappa shape index (κ3) is 1.77. The van der Waals surface area contributed by atoms with Crippen molar-refractivity contribution in [3.05, 3.63) is 59.4 Å². The minimum Gasteiger partial charge on any atom is -0.458 e. The van der Waals surface area contributed by atoms with Crippen LogP contribution in [0.15, 0.2) is 52.6 Å². The van der Waals surface area contributed by atoms with Crippen LogP contribution in [0.1, 0.15) is 18.2 Å². The Bertz CT molecular complexity index is 972. The van der Waals surface area contributed by atoms with E-state index < -0.39 is 11.4 Å². The Kier molecular flexibility index (Phi) is 3.08. The van der Waals surface area contributed by atoms with Crippen LogP contribution >= 0.6 is 0 Å². The van der Waals surface area contributed by atoms with Crippen LogP contribution in [0.3, 0.4) is 0 Å². The number of fused-ring (bicyclic) bond motifs is 5. The SMILES string of the molecule is C=CCOC(=O)C1=C(C)NC(=O)[C@@]12c1ccccc1-c1oc(N)nc12. The summed E-state index contributed by atoms with van der Waals surface area (Å²) in [6.07, 6.45) is 1.47. The summed E-state index contributed by atoms with van der Waals surface area (Å²) in [5.41, 5.74) is 6.53. The minimum atomic E-state index is -1.42. The van der Waals surface area contributed by atoms with E-state index in [1.807, 2.05) is 6.07 Å². The number of oxazole rings is 1. The number of esters is 1. The van der Waals surface area contributed by atoms with Gasteiger partial charge < -0.3 is 20.2 Å². The Morgan fingerprint density at radius 2 is 2.24 bits per heavy atom. The normalized spacial score (nSPS) is 20.4. The number of nitrogens with two attached hydrogens (primary N) is 1. The van der Waals surface area contributed by atoms with Gasteiger partial charge >= 0.3 is 5.97 Å². The summed E-state index contributed by atoms with van der Waals surface area (Å²) in [4.78, 5) is 30.0. The Morgan fingerprint density at radius 1 is 1.48 bits per heavy atom. The van der Waals surface area contributed by atoms with Crippen LogP contribution in [0, 0.1) is 0 Å². The molecule has 1 aromatic carbocycles. The van der Waals surface area contributed by atoms with E-state index in [-0.39, 0.29) is 24.1 Å². The van der Waals surface area contributed by atoms with E-state index >= 15 is 0 Å². The van der Waals surface area contributed by atoms with Gasteiger partial charge in [-0.2, -0.15) is 4.98 Å². The van der Waals surface area contributed by atoms with Crippen molar-refractivity contribution >= 4 is 17.9 Å². The van der Waals surface area contributed by atoms with Crippen molar-refractivity contribution in [3.63, 3.8) is 0 Å². The summed E-state index contributed by atoms with van der Waals surface area (Å²) in [5, 5.41) is 2.74. The molecule has 2 aromatic rings. The minimum absolute atomic E-state index is 0.0370. The Labute approximate surface area is 143 Å². The number of anilines is 1. The lowest BCUT2D eigenvalue weighted by molar-refractivity contribution is -0.139. The number of ether oxygens (including phenoxy) is 1. The highest BCUT2D eigenvalue weighted by atomic mass is 16.5. The molecule has 1 spiro atoms. The first kappa shape index (κ1) is 15.2. The van der Waals surface area contributed by atoms with E-state index in [0.717, 1.165) is 0 Å². The largest absolute Gasteiger partial charge is 0.458 e. The zero-order valence-corrected chi connectivity index (χ0v) is 13.5. The fourth-order valence-electron chi connectivity index (χ4n) is 3.63. The number of allylic oxidation sites excluding steroid dienone is 1. The summed E-state index contributed by atoms with van der Waals surface area (Å²) >= 11 is 0. The van der Waals surface area contributed by atoms with Crippen LogP contribution < -0.4 is 11.1 Å². The first-order chi connectivity index (χ1) is 12.0. The molecule has 0 fully saturated rings. The Hall–Kier alpha value is -3.35. The summed E-state index contributed by atoms with van der Waals surface area (Å²) in [7, 11) is 0. The number of hydrogen-bond acceptors (Lipinski definition) is 6. The molecule has 1 aliphatic carbocycles. The summed E-state index contributed by atoms with van der Waals surface area (Å²) in [6.45, 7) is 5.23. The fourth-order valence-corrected chi connectivity index (χ4v) is 3.63. The highest BCUT2D eigenvalue weighted by Gasteiger charge is 2.61. The van der Waals surface area contributed by atoms with Gasteiger partial charge in [0, 0.05) is 11.3 Å². The van der Waals surface area contributed by atoms with E-state index in [4.69, 9.17) is 14.9 Å². The van der Waals surface area contributed by atoms with Gasteiger partial charge in [-0.3, -0.25) is 4.79 Å². The summed E-state index contributed by atoms with van der Waals surface area (Å²) in [5.74, 6) is -0.595. The molecule has 1 aromatic heterocycles. The molecule has 2 heterocycles. The lowest BCUT2D eigenvalue weighted by atomic mass is 9.75. The van der Waals surface area contributed by atoms with Crippen molar-refractivity contribution in [2.45, 2.75) is 12.3 Å². The number of benzene rings is 1. The second-order valence-corrected chi connectivity index (χ2v) is 5.87. The summed E-state index contributed by atoms with van der Waals surface area (Å²) in [6, 6.07) is 7.14. The van der Waals surface area contributed by atoms with Crippen molar-refractivity contribution < 1.29 is 18.7 Å². The smallest absolute Gasteiger partial charge is 0.337 e. The predicted octanol–water partition coefficient (Wildman–Crippen LogP) is 1.66. The number of nitrogens with one attached hydrogen (secondary N) is 1. The molecule has 1 amide bonds. The van der Waals surface area contributed by atoms with Gasteiger partial charge in [0.25, 0.3) is 6.01 Å². The number of hydrogen-bond donors (Lipinski definition) is 2. The second kappa shape index (κ2) is 5.07. The van der Waals surface area contributed by atoms with Crippen LogP contribution in [0.5, 0.6) is 0 Å². The van der Waals surface area contributed by atoms with Gasteiger partial charge in [-0.25, -0.2) is 4.79 Å². The molecule has 0 bridgehead atoms. The lowest BCUT2D eigenvalue weighted by Crippen LogP contribution is -2.40. The van der Waals surface area contributed by atoms with Crippen molar-refractivity contribution in [1.29, 1.82) is 0 Å². The molecular weight excluding hydrogens is 322 g/mol. The molecule has 25 heavy (non-hydrogen) atoms. The molecule has 0 saturated carbocycles. The molecule has 1 aliphatic heterocycles. The average Bonchev–Trinajstić information content (AvgIpc) is 3.17. The molecule has 7 heteroatoms. The van der Waals surface area contributed by atoms with Gasteiger partial charge in [0.2, 0.25) is 5.91 Å². The van der Waals surface area contributed by atoms with Gasteiger partial charge in [-0.1, -0.05) is 36.9 Å². The quantitative estimate of drug-likeness (QED) is 0.651. The number of nitrogens with zero attached hydrogens (tertiary/aromatic N) is 1. The molecule has 2 aliphatic rings. The summed E-state index contributed by atoms with van der Waals surface area (Å²) < 4.78 is 10.7. The number of carbonyl (C=O) groups excluding carboxylic acids is 2. The third-order valence-electron chi connectivity index (χ3n) is 4.50. The standard InChI is InChI=1S/C18H15N3O4/c1-3-8-24-15(22)12-9(2)20-16(23)18(12)11-7-5-4-6-10(11)13-14(18)21-17(19)25-13/h3-7H,1,8H2,2H3,(H2,19,21)(H,20,23)/t18-/m0/s1. The third-order valence-corrected chi connectivity index (χ3v) is 4.50. The first-order valence-electron chi connectivity index (χ1n) is 7.69. The van der Waals surface area contributed by atoms with Gasteiger partial charge in [-0.05, 0) is 12.5 Å². The molecule has 0 saturated heterocycles. The number of amides is 1. The fraction of sp³-hybridized carbons (Fsp3) is 0.167. The number of nitrogen functional groups attached to an aromatic ring is 1. The molecule has 4 rings (SSSR count). The van der Waals surface area contributed by atoms with Crippen molar-refractivity contribution in [2.24, 2.45) is 0 Å². The maximum atomic E-state index is 13.0. The van der Waals surface area contributed by atoms with E-state index in [1.54, 1.807) is 25.1 Å². The molecule has 7 nitrogen and oxygen atoms in total. The second-order valence-electron chi connectivity index (χ2n) is 5.87. The van der Waals surface area contributed by atoms with Crippen LogP contribution in [0.4, 0.5) is 6.01 Å². The van der Waals surface area contributed by atoms with Crippen molar-refractivity contribution in [2.75, 3.05) is 12.3 Å². The predicted molar refractivity (Wildman–Crippen MR) is 89.1 cm³/mol. The Morgan fingerprint density at radius 3 is 3.00 bits per heavy atom. The van der Waals surface area contributed by atoms with Gasteiger partial charge in [0.1, 0.15) is 12.3 Å². The zero-order chi connectivity index (χ0) is 17.8. The van der Waals surface area contributed by atoms with Crippen molar-refractivity contribution in [1.82, 2.24) is 10.3 Å². The molecule has 1 atom stereocenters. The topological polar surface area (TPSA) is 107 Å². The molecule has 0 unspecified atom stereocenters. The first-order valence-corrected chi connectivity index (χ1v) is 7.69. The average molecular weight is 337 g/mol. The molecular formula is C18H15N3O4. The number of aromatic nitrogens is 1. The molecule has 126 valence electrons. The monoisotopic (exact) mass is 337 g/mol. The van der Waals surface area contributed by atoms with Crippen LogP contribution in [-0.2, 0) is 19.7 Å². The van der Waals surface area contributed by atoms with Gasteiger partial charge in [-0.15, -0.1) is 0 Å². The maximum absolute atomic E-state index is 13.0. The van der Waals surface area contributed by atoms with Crippen LogP contribution in [0.2, 0.25) is 0 Å². The Balaban J connectivity index is 2.02. The lowest BCUT2D eigenvalue weighted by Gasteiger charge is -2.24. The van der Waals surface area contributed by atoms with Gasteiger partial charge in [0.05, 0.1) is 5.57 Å². The highest BCUT2D eigenvalue weighted by molar-refractivity contribution is 6.14. The molecule has 0 radical (unpaired) electrons.